The Bertz CT molecular complexity index is 550. The highest BCUT2D eigenvalue weighted by Gasteiger charge is 2.12. The van der Waals surface area contributed by atoms with Gasteiger partial charge in [-0.1, -0.05) is 18.2 Å². The molecule has 0 bridgehead atoms. The summed E-state index contributed by atoms with van der Waals surface area (Å²) in [5, 5.41) is 1.03. The van der Waals surface area contributed by atoms with E-state index in [1.165, 1.54) is 0 Å². The van der Waals surface area contributed by atoms with Gasteiger partial charge in [-0.15, -0.1) is 0 Å². The summed E-state index contributed by atoms with van der Waals surface area (Å²) in [5.74, 6) is 0. The first-order valence-corrected chi connectivity index (χ1v) is 6.27. The number of ether oxygens (including phenoxy) is 1. The van der Waals surface area contributed by atoms with E-state index in [0.717, 1.165) is 55.1 Å². The zero-order valence-electron chi connectivity index (χ0n) is 10.3. The summed E-state index contributed by atoms with van der Waals surface area (Å²) in [4.78, 5) is 7.01. The number of nitrogens with two attached hydrogens (primary N) is 1. The molecule has 1 aromatic heterocycles. The minimum Gasteiger partial charge on any atom is -0.398 e. The van der Waals surface area contributed by atoms with Crippen LogP contribution in [0.3, 0.4) is 0 Å². The first-order valence-electron chi connectivity index (χ1n) is 6.27. The molecule has 3 rings (SSSR count). The lowest BCUT2D eigenvalue weighted by atomic mass is 10.1. The molecule has 1 aromatic carbocycles. The summed E-state index contributed by atoms with van der Waals surface area (Å²) in [6.45, 7) is 4.40. The highest BCUT2D eigenvalue weighted by Crippen LogP contribution is 2.20. The number of hydrogen-bond donors (Lipinski definition) is 1. The SMILES string of the molecule is Nc1cc(CN2CCOCC2)nc2ccccc12. The van der Waals surface area contributed by atoms with E-state index in [1.54, 1.807) is 0 Å². The van der Waals surface area contributed by atoms with E-state index in [1.807, 2.05) is 30.3 Å². The number of para-hydroxylation sites is 1. The maximum absolute atomic E-state index is 6.08. The fourth-order valence-electron chi connectivity index (χ4n) is 2.33. The molecule has 2 aromatic rings. The Kier molecular flexibility index (Phi) is 3.13. The standard InChI is InChI=1S/C14H17N3O/c15-13-9-11(10-17-5-7-18-8-6-17)16-14-4-2-1-3-12(13)14/h1-4,9H,5-8,10H2,(H2,15,16). The second-order valence-corrected chi connectivity index (χ2v) is 4.61. The van der Waals surface area contributed by atoms with Gasteiger partial charge in [-0.05, 0) is 12.1 Å². The van der Waals surface area contributed by atoms with Crippen molar-refractivity contribution in [3.63, 3.8) is 0 Å². The second kappa shape index (κ2) is 4.92. The van der Waals surface area contributed by atoms with Crippen LogP contribution in [0.1, 0.15) is 5.69 Å². The van der Waals surface area contributed by atoms with Crippen molar-refractivity contribution < 1.29 is 4.74 Å². The molecule has 1 aliphatic rings. The average Bonchev–Trinajstić information content (AvgIpc) is 2.40. The van der Waals surface area contributed by atoms with Gasteiger partial charge in [-0.2, -0.15) is 0 Å². The predicted molar refractivity (Wildman–Crippen MR) is 72.3 cm³/mol. The van der Waals surface area contributed by atoms with Crippen LogP contribution < -0.4 is 5.73 Å². The van der Waals surface area contributed by atoms with Gasteiger partial charge in [-0.3, -0.25) is 9.88 Å². The van der Waals surface area contributed by atoms with E-state index in [-0.39, 0.29) is 0 Å². The second-order valence-electron chi connectivity index (χ2n) is 4.61. The van der Waals surface area contributed by atoms with Crippen molar-refractivity contribution >= 4 is 16.6 Å². The Labute approximate surface area is 106 Å². The van der Waals surface area contributed by atoms with Gasteiger partial charge >= 0.3 is 0 Å². The normalized spacial score (nSPS) is 17.1. The van der Waals surface area contributed by atoms with Gasteiger partial charge in [0.05, 0.1) is 24.4 Å². The number of benzene rings is 1. The topological polar surface area (TPSA) is 51.4 Å². The molecule has 4 nitrogen and oxygen atoms in total. The number of pyridine rings is 1. The molecule has 2 N–H and O–H groups in total. The van der Waals surface area contributed by atoms with Crippen molar-refractivity contribution in [3.05, 3.63) is 36.0 Å². The van der Waals surface area contributed by atoms with Gasteiger partial charge < -0.3 is 10.5 Å². The summed E-state index contributed by atoms with van der Waals surface area (Å²) in [7, 11) is 0. The first-order chi connectivity index (χ1) is 8.83. The molecular formula is C14H17N3O. The lowest BCUT2D eigenvalue weighted by molar-refractivity contribution is 0.0337. The summed E-state index contributed by atoms with van der Waals surface area (Å²) in [6.07, 6.45) is 0. The van der Waals surface area contributed by atoms with Crippen molar-refractivity contribution in [2.75, 3.05) is 32.0 Å². The number of hydrogen-bond acceptors (Lipinski definition) is 4. The zero-order chi connectivity index (χ0) is 12.4. The van der Waals surface area contributed by atoms with Crippen LogP contribution in [0.25, 0.3) is 10.9 Å². The third-order valence-electron chi connectivity index (χ3n) is 3.29. The Morgan fingerprint density at radius 3 is 2.83 bits per heavy atom. The van der Waals surface area contributed by atoms with Gasteiger partial charge in [0.15, 0.2) is 0 Å². The summed E-state index contributed by atoms with van der Waals surface area (Å²) >= 11 is 0. The molecule has 18 heavy (non-hydrogen) atoms. The molecule has 0 saturated carbocycles. The predicted octanol–water partition coefficient (Wildman–Crippen LogP) is 1.65. The van der Waals surface area contributed by atoms with Crippen molar-refractivity contribution in [1.29, 1.82) is 0 Å². The molecular weight excluding hydrogens is 226 g/mol. The van der Waals surface area contributed by atoms with Crippen molar-refractivity contribution in [2.24, 2.45) is 0 Å². The lowest BCUT2D eigenvalue weighted by Gasteiger charge is -2.26. The van der Waals surface area contributed by atoms with E-state index in [0.29, 0.717) is 0 Å². The van der Waals surface area contributed by atoms with E-state index >= 15 is 0 Å². The number of nitrogens with zero attached hydrogens (tertiary/aromatic N) is 2. The molecule has 1 saturated heterocycles. The van der Waals surface area contributed by atoms with Crippen LogP contribution in [0, 0.1) is 0 Å². The average molecular weight is 243 g/mol. The van der Waals surface area contributed by atoms with E-state index < -0.39 is 0 Å². The van der Waals surface area contributed by atoms with Crippen molar-refractivity contribution in [1.82, 2.24) is 9.88 Å². The zero-order valence-corrected chi connectivity index (χ0v) is 10.3. The third kappa shape index (κ3) is 2.30. The van der Waals surface area contributed by atoms with Crippen LogP contribution in [-0.4, -0.2) is 36.2 Å². The monoisotopic (exact) mass is 243 g/mol. The smallest absolute Gasteiger partial charge is 0.0726 e. The van der Waals surface area contributed by atoms with Crippen LogP contribution in [0.2, 0.25) is 0 Å². The molecule has 2 heterocycles. The Balaban J connectivity index is 1.87. The Morgan fingerprint density at radius 1 is 1.22 bits per heavy atom. The first kappa shape index (κ1) is 11.4. The molecule has 0 unspecified atom stereocenters. The Hall–Kier alpha value is -1.65. The van der Waals surface area contributed by atoms with E-state index in [4.69, 9.17) is 10.5 Å². The largest absolute Gasteiger partial charge is 0.398 e. The van der Waals surface area contributed by atoms with Gasteiger partial charge in [-0.25, -0.2) is 0 Å². The lowest BCUT2D eigenvalue weighted by Crippen LogP contribution is -2.35. The number of fused-ring (bicyclic) bond motifs is 1. The molecule has 4 heteroatoms. The third-order valence-corrected chi connectivity index (χ3v) is 3.29. The van der Waals surface area contributed by atoms with Crippen molar-refractivity contribution in [3.8, 4) is 0 Å². The molecule has 0 amide bonds. The molecule has 1 aliphatic heterocycles. The van der Waals surface area contributed by atoms with Crippen molar-refractivity contribution in [2.45, 2.75) is 6.54 Å². The highest BCUT2D eigenvalue weighted by molar-refractivity contribution is 5.90. The van der Waals surface area contributed by atoms with E-state index in [9.17, 15) is 0 Å². The number of aromatic nitrogens is 1. The molecule has 0 aliphatic carbocycles. The quantitative estimate of drug-likeness (QED) is 0.871. The van der Waals surface area contributed by atoms with Gasteiger partial charge in [0, 0.05) is 30.7 Å². The van der Waals surface area contributed by atoms with Gasteiger partial charge in [0.25, 0.3) is 0 Å². The fourth-order valence-corrected chi connectivity index (χ4v) is 2.33. The van der Waals surface area contributed by atoms with Gasteiger partial charge in [0.1, 0.15) is 0 Å². The molecule has 94 valence electrons. The fraction of sp³-hybridized carbons (Fsp3) is 0.357. The minimum absolute atomic E-state index is 0.809. The summed E-state index contributed by atoms with van der Waals surface area (Å²) in [5.41, 5.74) is 8.90. The van der Waals surface area contributed by atoms with Crippen LogP contribution >= 0.6 is 0 Å². The maximum atomic E-state index is 6.08. The Morgan fingerprint density at radius 2 is 2.00 bits per heavy atom. The molecule has 0 atom stereocenters. The number of nitrogen functional groups attached to an aromatic ring is 1. The number of anilines is 1. The van der Waals surface area contributed by atoms with E-state index in [2.05, 4.69) is 9.88 Å². The van der Waals surface area contributed by atoms with Crippen LogP contribution in [0.4, 0.5) is 5.69 Å². The minimum atomic E-state index is 0.809. The molecule has 0 spiro atoms. The molecule has 0 radical (unpaired) electrons. The van der Waals surface area contributed by atoms with Crippen LogP contribution in [0.15, 0.2) is 30.3 Å². The maximum Gasteiger partial charge on any atom is 0.0726 e. The van der Waals surface area contributed by atoms with Gasteiger partial charge in [0.2, 0.25) is 0 Å². The number of rotatable bonds is 2. The summed E-state index contributed by atoms with van der Waals surface area (Å²) < 4.78 is 5.34. The molecule has 1 fully saturated rings. The van der Waals surface area contributed by atoms with Crippen LogP contribution in [-0.2, 0) is 11.3 Å². The number of morpholine rings is 1. The highest BCUT2D eigenvalue weighted by atomic mass is 16.5. The van der Waals surface area contributed by atoms with Crippen LogP contribution in [0.5, 0.6) is 0 Å². The summed E-state index contributed by atoms with van der Waals surface area (Å²) in [6, 6.07) is 9.98.